The number of aliphatic hydroxyl groups is 1. The molecule has 2 heterocycles. The van der Waals surface area contributed by atoms with Gasteiger partial charge >= 0.3 is 0 Å². The van der Waals surface area contributed by atoms with Crippen LogP contribution in [-0.2, 0) is 0 Å². The van der Waals surface area contributed by atoms with Crippen LogP contribution in [0.4, 0.5) is 5.82 Å². The van der Waals surface area contributed by atoms with Crippen LogP contribution in [-0.4, -0.2) is 31.1 Å². The summed E-state index contributed by atoms with van der Waals surface area (Å²) < 4.78 is 0. The van der Waals surface area contributed by atoms with Crippen LogP contribution in [0, 0.1) is 0 Å². The van der Waals surface area contributed by atoms with E-state index in [9.17, 15) is 5.11 Å². The number of fused-ring (bicyclic) bond motifs is 1. The fourth-order valence-electron chi connectivity index (χ4n) is 2.26. The van der Waals surface area contributed by atoms with E-state index < -0.39 is 0 Å². The third kappa shape index (κ3) is 1.42. The van der Waals surface area contributed by atoms with Gasteiger partial charge in [0.25, 0.3) is 0 Å². The zero-order valence-corrected chi connectivity index (χ0v) is 8.72. The Kier molecular flexibility index (Phi) is 2.03. The van der Waals surface area contributed by atoms with Gasteiger partial charge in [-0.15, -0.1) is 0 Å². The van der Waals surface area contributed by atoms with Crippen LogP contribution in [0.2, 0.25) is 0 Å². The van der Waals surface area contributed by atoms with Crippen LogP contribution in [0.15, 0.2) is 6.33 Å². The van der Waals surface area contributed by atoms with Gasteiger partial charge in [0.15, 0.2) is 11.5 Å². The Balaban J connectivity index is 2.02. The first-order valence-electron chi connectivity index (χ1n) is 5.38. The van der Waals surface area contributed by atoms with Crippen LogP contribution in [0.1, 0.15) is 31.0 Å². The fraction of sp³-hybridized carbons (Fsp3) is 0.500. The lowest BCUT2D eigenvalue weighted by atomic mass is 10.1. The van der Waals surface area contributed by atoms with Crippen LogP contribution in [0.25, 0.3) is 11.2 Å². The smallest absolute Gasteiger partial charge is 0.183 e. The van der Waals surface area contributed by atoms with E-state index in [0.717, 1.165) is 25.1 Å². The lowest BCUT2D eigenvalue weighted by Gasteiger charge is -2.03. The third-order valence-electron chi connectivity index (χ3n) is 3.13. The monoisotopic (exact) mass is 219 g/mol. The predicted octanol–water partition coefficient (Wildman–Crippen LogP) is 0.564. The standard InChI is InChI=1S/C10H13N5O/c11-8-7-10(13-4-12-8)15-9(14-7)5-1-2-6(16)3-5/h4-6,16H,1-3H2,(H3,11,12,13,14,15)/t5-,6+/m0/s1. The van der Waals surface area contributed by atoms with Crippen molar-refractivity contribution < 1.29 is 5.11 Å². The third-order valence-corrected chi connectivity index (χ3v) is 3.13. The number of aromatic amines is 1. The first kappa shape index (κ1) is 9.53. The van der Waals surface area contributed by atoms with Gasteiger partial charge in [-0.3, -0.25) is 0 Å². The molecule has 1 aliphatic carbocycles. The molecule has 0 spiro atoms. The molecule has 4 N–H and O–H groups in total. The highest BCUT2D eigenvalue weighted by Crippen LogP contribution is 2.33. The SMILES string of the molecule is Nc1ncnc2nc([C@H]3CC[C@@H](O)C3)[nH]c12. The molecule has 1 aliphatic rings. The lowest BCUT2D eigenvalue weighted by molar-refractivity contribution is 0.181. The predicted molar refractivity (Wildman–Crippen MR) is 58.7 cm³/mol. The number of rotatable bonds is 1. The number of aromatic nitrogens is 4. The number of anilines is 1. The van der Waals surface area contributed by atoms with Crippen molar-refractivity contribution in [1.82, 2.24) is 19.9 Å². The van der Waals surface area contributed by atoms with E-state index >= 15 is 0 Å². The topological polar surface area (TPSA) is 101 Å². The first-order valence-corrected chi connectivity index (χ1v) is 5.38. The Morgan fingerprint density at radius 3 is 2.94 bits per heavy atom. The summed E-state index contributed by atoms with van der Waals surface area (Å²) in [5, 5.41) is 9.50. The van der Waals surface area contributed by atoms with E-state index in [2.05, 4.69) is 19.9 Å². The van der Waals surface area contributed by atoms with Crippen LogP contribution >= 0.6 is 0 Å². The van der Waals surface area contributed by atoms with E-state index in [1.54, 1.807) is 0 Å². The zero-order chi connectivity index (χ0) is 11.1. The molecule has 3 rings (SSSR count). The van der Waals surface area contributed by atoms with Gasteiger partial charge < -0.3 is 15.8 Å². The van der Waals surface area contributed by atoms with Gasteiger partial charge in [0.05, 0.1) is 6.10 Å². The second kappa shape index (κ2) is 3.41. The number of H-pyrrole nitrogens is 1. The zero-order valence-electron chi connectivity index (χ0n) is 8.72. The number of nitrogen functional groups attached to an aromatic ring is 1. The first-order chi connectivity index (χ1) is 7.74. The maximum absolute atomic E-state index is 9.50. The van der Waals surface area contributed by atoms with Gasteiger partial charge in [-0.05, 0) is 19.3 Å². The van der Waals surface area contributed by atoms with Gasteiger partial charge in [-0.25, -0.2) is 15.0 Å². The molecular weight excluding hydrogens is 206 g/mol. The number of imidazole rings is 1. The van der Waals surface area contributed by atoms with Crippen molar-refractivity contribution in [3.63, 3.8) is 0 Å². The maximum atomic E-state index is 9.50. The molecule has 0 amide bonds. The van der Waals surface area contributed by atoms with Crippen molar-refractivity contribution in [2.75, 3.05) is 5.73 Å². The van der Waals surface area contributed by atoms with E-state index in [-0.39, 0.29) is 12.0 Å². The highest BCUT2D eigenvalue weighted by molar-refractivity contribution is 5.81. The minimum atomic E-state index is -0.207. The molecule has 0 bridgehead atoms. The summed E-state index contributed by atoms with van der Waals surface area (Å²) in [6.07, 6.45) is 3.75. The second-order valence-corrected chi connectivity index (χ2v) is 4.24. The Morgan fingerprint density at radius 2 is 2.25 bits per heavy atom. The number of aliphatic hydroxyl groups excluding tert-OH is 1. The second-order valence-electron chi connectivity index (χ2n) is 4.24. The van der Waals surface area contributed by atoms with Gasteiger partial charge in [0.2, 0.25) is 0 Å². The summed E-state index contributed by atoms with van der Waals surface area (Å²) in [6.45, 7) is 0. The van der Waals surface area contributed by atoms with E-state index in [1.165, 1.54) is 6.33 Å². The fourth-order valence-corrected chi connectivity index (χ4v) is 2.26. The largest absolute Gasteiger partial charge is 0.393 e. The van der Waals surface area contributed by atoms with Crippen LogP contribution in [0.3, 0.4) is 0 Å². The van der Waals surface area contributed by atoms with Crippen LogP contribution in [0.5, 0.6) is 0 Å². The molecule has 84 valence electrons. The van der Waals surface area contributed by atoms with Gasteiger partial charge in [-0.1, -0.05) is 0 Å². The minimum Gasteiger partial charge on any atom is -0.393 e. The lowest BCUT2D eigenvalue weighted by Crippen LogP contribution is -2.00. The van der Waals surface area contributed by atoms with Gasteiger partial charge in [-0.2, -0.15) is 0 Å². The Morgan fingerprint density at radius 1 is 1.38 bits per heavy atom. The molecular formula is C10H13N5O. The molecule has 1 fully saturated rings. The Bertz CT molecular complexity index is 523. The molecule has 6 heteroatoms. The molecule has 0 aromatic carbocycles. The molecule has 0 saturated heterocycles. The normalized spacial score (nSPS) is 25.3. The number of nitrogens with zero attached hydrogens (tertiary/aromatic N) is 3. The molecule has 0 unspecified atom stereocenters. The summed E-state index contributed by atoms with van der Waals surface area (Å²) >= 11 is 0. The highest BCUT2D eigenvalue weighted by Gasteiger charge is 2.26. The summed E-state index contributed by atoms with van der Waals surface area (Å²) in [4.78, 5) is 15.5. The van der Waals surface area contributed by atoms with Crippen molar-refractivity contribution in [3.8, 4) is 0 Å². The van der Waals surface area contributed by atoms with E-state index in [4.69, 9.17) is 5.73 Å². The number of nitrogens with two attached hydrogens (primary N) is 1. The van der Waals surface area contributed by atoms with Gasteiger partial charge in [0.1, 0.15) is 17.7 Å². The van der Waals surface area contributed by atoms with Crippen molar-refractivity contribution in [3.05, 3.63) is 12.2 Å². The summed E-state index contributed by atoms with van der Waals surface area (Å²) in [5.41, 5.74) is 7.02. The quantitative estimate of drug-likeness (QED) is 0.650. The molecule has 1 saturated carbocycles. The van der Waals surface area contributed by atoms with Crippen molar-refractivity contribution in [2.45, 2.75) is 31.3 Å². The molecule has 0 radical (unpaired) electrons. The van der Waals surface area contributed by atoms with Crippen LogP contribution < -0.4 is 5.73 Å². The molecule has 16 heavy (non-hydrogen) atoms. The number of nitrogens with one attached hydrogen (secondary N) is 1. The summed E-state index contributed by atoms with van der Waals surface area (Å²) in [6, 6.07) is 0. The maximum Gasteiger partial charge on any atom is 0.183 e. The van der Waals surface area contributed by atoms with E-state index in [0.29, 0.717) is 17.0 Å². The molecule has 0 aliphatic heterocycles. The number of hydrogen-bond donors (Lipinski definition) is 3. The molecule has 2 aromatic heterocycles. The summed E-state index contributed by atoms with van der Waals surface area (Å²) in [7, 11) is 0. The molecule has 2 atom stereocenters. The van der Waals surface area contributed by atoms with Crippen molar-refractivity contribution >= 4 is 17.0 Å². The summed E-state index contributed by atoms with van der Waals surface area (Å²) in [5.74, 6) is 1.56. The average Bonchev–Trinajstić information content (AvgIpc) is 2.84. The van der Waals surface area contributed by atoms with E-state index in [1.807, 2.05) is 0 Å². The van der Waals surface area contributed by atoms with Gasteiger partial charge in [0, 0.05) is 5.92 Å². The minimum absolute atomic E-state index is 0.207. The molecule has 6 nitrogen and oxygen atoms in total. The average molecular weight is 219 g/mol. The highest BCUT2D eigenvalue weighted by atomic mass is 16.3. The van der Waals surface area contributed by atoms with Crippen molar-refractivity contribution in [1.29, 1.82) is 0 Å². The molecule has 2 aromatic rings. The Labute approximate surface area is 91.9 Å². The number of hydrogen-bond acceptors (Lipinski definition) is 5. The Hall–Kier alpha value is -1.69. The van der Waals surface area contributed by atoms with Crippen molar-refractivity contribution in [2.24, 2.45) is 0 Å².